The second kappa shape index (κ2) is 12.3. The van der Waals surface area contributed by atoms with Crippen LogP contribution in [0.1, 0.15) is 48.0 Å². The first-order valence-electron chi connectivity index (χ1n) is 12.7. The Balaban J connectivity index is 1.27. The highest BCUT2D eigenvalue weighted by atomic mass is 35.5. The van der Waals surface area contributed by atoms with Crippen molar-refractivity contribution in [3.63, 3.8) is 0 Å². The third-order valence-electron chi connectivity index (χ3n) is 6.13. The molecule has 204 valence electrons. The van der Waals surface area contributed by atoms with E-state index in [1.165, 1.54) is 6.08 Å². The van der Waals surface area contributed by atoms with Crippen LogP contribution in [0.2, 0.25) is 5.02 Å². The molecule has 2 amide bonds. The van der Waals surface area contributed by atoms with Crippen LogP contribution in [0, 0.1) is 6.92 Å². The summed E-state index contributed by atoms with van der Waals surface area (Å²) < 4.78 is 5.80. The van der Waals surface area contributed by atoms with Gasteiger partial charge in [0, 0.05) is 33.6 Å². The molecule has 0 unspecified atom stereocenters. The molecule has 4 aromatic rings. The number of rotatable bonds is 6. The molecule has 0 radical (unpaired) electrons. The summed E-state index contributed by atoms with van der Waals surface area (Å²) in [7, 11) is 0. The molecule has 0 saturated heterocycles. The summed E-state index contributed by atoms with van der Waals surface area (Å²) in [6.45, 7) is 8.33. The Kier molecular flexibility index (Phi) is 8.87. The largest absolute Gasteiger partial charge is 0.457 e. The molecule has 3 aromatic carbocycles. The lowest BCUT2D eigenvalue weighted by Crippen LogP contribution is -2.32. The van der Waals surface area contributed by atoms with Gasteiger partial charge in [-0.2, -0.15) is 0 Å². The molecule has 1 heterocycles. The van der Waals surface area contributed by atoms with Crippen molar-refractivity contribution in [2.75, 3.05) is 10.6 Å². The van der Waals surface area contributed by atoms with Crippen molar-refractivity contribution in [1.82, 2.24) is 5.32 Å². The molecule has 6 nitrogen and oxygen atoms in total. The van der Waals surface area contributed by atoms with Crippen LogP contribution >= 0.6 is 23.8 Å². The fourth-order valence-electron chi connectivity index (χ4n) is 3.78. The van der Waals surface area contributed by atoms with E-state index < -0.39 is 5.91 Å². The van der Waals surface area contributed by atoms with E-state index in [1.54, 1.807) is 36.4 Å². The predicted octanol–water partition coefficient (Wildman–Crippen LogP) is 7.98. The molecule has 4 rings (SSSR count). The minimum atomic E-state index is -0.407. The van der Waals surface area contributed by atoms with Gasteiger partial charge in [0.25, 0.3) is 5.91 Å². The van der Waals surface area contributed by atoms with E-state index in [1.807, 2.05) is 55.5 Å². The van der Waals surface area contributed by atoms with Gasteiger partial charge in [0.15, 0.2) is 5.11 Å². The van der Waals surface area contributed by atoms with Crippen LogP contribution in [-0.2, 0) is 10.2 Å². The number of carbonyl (C=O) groups is 2. The lowest BCUT2D eigenvalue weighted by molar-refractivity contribution is -0.115. The van der Waals surface area contributed by atoms with E-state index in [4.69, 9.17) is 28.2 Å². The average Bonchev–Trinajstić information content (AvgIpc) is 3.39. The number of carbonyl (C=O) groups excluding carboxylic acids is 2. The van der Waals surface area contributed by atoms with Crippen LogP contribution < -0.4 is 16.0 Å². The van der Waals surface area contributed by atoms with Gasteiger partial charge >= 0.3 is 0 Å². The van der Waals surface area contributed by atoms with E-state index in [-0.39, 0.29) is 16.4 Å². The normalized spacial score (nSPS) is 11.3. The van der Waals surface area contributed by atoms with Gasteiger partial charge in [0.1, 0.15) is 11.5 Å². The van der Waals surface area contributed by atoms with Gasteiger partial charge in [-0.3, -0.25) is 14.9 Å². The Labute approximate surface area is 244 Å². The number of hydrogen-bond acceptors (Lipinski definition) is 4. The minimum Gasteiger partial charge on any atom is -0.457 e. The first-order valence-corrected chi connectivity index (χ1v) is 13.4. The van der Waals surface area contributed by atoms with Crippen molar-refractivity contribution in [1.29, 1.82) is 0 Å². The summed E-state index contributed by atoms with van der Waals surface area (Å²) in [6, 6.07) is 23.9. The second-order valence-corrected chi connectivity index (χ2v) is 11.1. The second-order valence-electron chi connectivity index (χ2n) is 10.3. The highest BCUT2D eigenvalue weighted by molar-refractivity contribution is 7.80. The van der Waals surface area contributed by atoms with Gasteiger partial charge in [0.05, 0.1) is 0 Å². The van der Waals surface area contributed by atoms with Crippen LogP contribution in [-0.4, -0.2) is 16.9 Å². The number of benzene rings is 3. The number of anilines is 2. The predicted molar refractivity (Wildman–Crippen MR) is 167 cm³/mol. The number of furan rings is 1. The number of aryl methyl sites for hydroxylation is 1. The van der Waals surface area contributed by atoms with Gasteiger partial charge < -0.3 is 15.1 Å². The van der Waals surface area contributed by atoms with E-state index in [2.05, 4.69) is 36.7 Å². The molecule has 0 aliphatic heterocycles. The number of nitrogens with one attached hydrogen (secondary N) is 3. The summed E-state index contributed by atoms with van der Waals surface area (Å²) in [5, 5.41) is 9.24. The van der Waals surface area contributed by atoms with Crippen molar-refractivity contribution in [2.45, 2.75) is 33.1 Å². The van der Waals surface area contributed by atoms with Crippen molar-refractivity contribution in [3.05, 3.63) is 112 Å². The van der Waals surface area contributed by atoms with Crippen LogP contribution in [0.25, 0.3) is 17.4 Å². The van der Waals surface area contributed by atoms with E-state index in [0.29, 0.717) is 33.5 Å². The van der Waals surface area contributed by atoms with Crippen molar-refractivity contribution in [3.8, 4) is 11.3 Å². The van der Waals surface area contributed by atoms with Crippen LogP contribution in [0.15, 0.2) is 89.4 Å². The smallest absolute Gasteiger partial charge is 0.255 e. The maximum absolute atomic E-state index is 12.6. The summed E-state index contributed by atoms with van der Waals surface area (Å²) >= 11 is 11.5. The van der Waals surface area contributed by atoms with E-state index >= 15 is 0 Å². The summed E-state index contributed by atoms with van der Waals surface area (Å²) in [5.41, 5.74) is 4.90. The molecule has 0 fully saturated rings. The molecule has 3 N–H and O–H groups in total. The van der Waals surface area contributed by atoms with Gasteiger partial charge in [-0.15, -0.1) is 0 Å². The Morgan fingerprint density at radius 1 is 0.875 bits per heavy atom. The minimum absolute atomic E-state index is 0.0230. The topological polar surface area (TPSA) is 83.4 Å². The quantitative estimate of drug-likeness (QED) is 0.161. The Morgan fingerprint density at radius 2 is 1.52 bits per heavy atom. The van der Waals surface area contributed by atoms with E-state index in [9.17, 15) is 9.59 Å². The lowest BCUT2D eigenvalue weighted by atomic mass is 9.87. The van der Waals surface area contributed by atoms with Gasteiger partial charge in [-0.1, -0.05) is 56.6 Å². The number of thiocarbonyl (C=S) groups is 1. The zero-order valence-corrected chi connectivity index (χ0v) is 24.2. The number of hydrogen-bond donors (Lipinski definition) is 3. The fraction of sp³-hybridized carbons (Fsp3) is 0.156. The maximum atomic E-state index is 12.6. The highest BCUT2D eigenvalue weighted by Gasteiger charge is 2.14. The highest BCUT2D eigenvalue weighted by Crippen LogP contribution is 2.27. The van der Waals surface area contributed by atoms with Crippen molar-refractivity contribution < 1.29 is 14.0 Å². The molecule has 0 aliphatic carbocycles. The van der Waals surface area contributed by atoms with Crippen molar-refractivity contribution in [2.24, 2.45) is 0 Å². The van der Waals surface area contributed by atoms with Crippen LogP contribution in [0.3, 0.4) is 0 Å². The SMILES string of the molecule is Cc1ccc(-c2ccc(/C=C/C(=O)NC(=S)Nc3ccc(NC(=O)c4ccc(C(C)(C)C)cc4)cc3)o2)cc1Cl. The third kappa shape index (κ3) is 7.68. The third-order valence-corrected chi connectivity index (χ3v) is 6.74. The van der Waals surface area contributed by atoms with Gasteiger partial charge in [-0.25, -0.2) is 0 Å². The molecule has 1 aromatic heterocycles. The molecule has 0 bridgehead atoms. The molecule has 0 saturated carbocycles. The van der Waals surface area contributed by atoms with Crippen molar-refractivity contribution >= 4 is 58.2 Å². The maximum Gasteiger partial charge on any atom is 0.255 e. The molecular weight excluding hydrogens is 542 g/mol. The van der Waals surface area contributed by atoms with E-state index in [0.717, 1.165) is 16.7 Å². The number of halogens is 1. The molecule has 40 heavy (non-hydrogen) atoms. The Morgan fingerprint density at radius 3 is 2.15 bits per heavy atom. The monoisotopic (exact) mass is 571 g/mol. The molecule has 0 aliphatic rings. The summed E-state index contributed by atoms with van der Waals surface area (Å²) in [5.74, 6) is 0.568. The standard InChI is InChI=1S/C32H30ClN3O3S/c1-20-5-6-22(19-27(20)33)28-17-15-26(39-28)16-18-29(37)36-31(40)35-25-13-11-24(12-14-25)34-30(38)21-7-9-23(10-8-21)32(2,3)4/h5-19H,1-4H3,(H,34,38)(H2,35,36,37,40)/b18-16+. The number of amides is 2. The molecule has 0 atom stereocenters. The first kappa shape index (κ1) is 28.8. The molecule has 8 heteroatoms. The van der Waals surface area contributed by atoms with Crippen LogP contribution in [0.4, 0.5) is 11.4 Å². The average molecular weight is 572 g/mol. The zero-order chi connectivity index (χ0) is 28.9. The Bertz CT molecular complexity index is 1570. The molecule has 0 spiro atoms. The van der Waals surface area contributed by atoms with Gasteiger partial charge in [0.2, 0.25) is 5.91 Å². The lowest BCUT2D eigenvalue weighted by Gasteiger charge is -2.19. The summed E-state index contributed by atoms with van der Waals surface area (Å²) in [4.78, 5) is 24.9. The Hall–Kier alpha value is -4.20. The molecular formula is C32H30ClN3O3S. The zero-order valence-electron chi connectivity index (χ0n) is 22.7. The van der Waals surface area contributed by atoms with Gasteiger partial charge in [-0.05, 0) is 96.4 Å². The fourth-order valence-corrected chi connectivity index (χ4v) is 4.18. The summed E-state index contributed by atoms with van der Waals surface area (Å²) in [6.07, 6.45) is 2.90. The van der Waals surface area contributed by atoms with Crippen LogP contribution in [0.5, 0.6) is 0 Å². The first-order chi connectivity index (χ1) is 19.0.